The van der Waals surface area contributed by atoms with E-state index in [2.05, 4.69) is 15.5 Å². The van der Waals surface area contributed by atoms with Gasteiger partial charge in [-0.05, 0) is 89.4 Å². The van der Waals surface area contributed by atoms with Crippen molar-refractivity contribution in [2.45, 2.75) is 51.0 Å². The molecule has 1 aliphatic heterocycles. The van der Waals surface area contributed by atoms with Crippen molar-refractivity contribution < 1.29 is 4.79 Å². The highest BCUT2D eigenvalue weighted by atomic mass is 16.2. The van der Waals surface area contributed by atoms with Crippen LogP contribution in [0.3, 0.4) is 0 Å². The molecule has 0 unspecified atom stereocenters. The molecule has 2 saturated carbocycles. The van der Waals surface area contributed by atoms with Gasteiger partial charge in [0.05, 0.1) is 6.54 Å². The Morgan fingerprint density at radius 1 is 1.10 bits per heavy atom. The summed E-state index contributed by atoms with van der Waals surface area (Å²) in [6.07, 6.45) is 9.11. The molecule has 0 spiro atoms. The van der Waals surface area contributed by atoms with Crippen LogP contribution < -0.4 is 10.6 Å². The maximum absolute atomic E-state index is 12.3. The number of nitrogens with zero attached hydrogens (tertiary/aromatic N) is 1. The number of piperidine rings is 1. The van der Waals surface area contributed by atoms with Crippen LogP contribution in [0.2, 0.25) is 0 Å². The van der Waals surface area contributed by atoms with Crippen LogP contribution in [-0.4, -0.2) is 50.1 Å². The number of hydrogen-bond donors (Lipinski definition) is 2. The van der Waals surface area contributed by atoms with Gasteiger partial charge in [0.1, 0.15) is 0 Å². The lowest BCUT2D eigenvalue weighted by Crippen LogP contribution is -2.46. The first kappa shape index (κ1) is 15.3. The Morgan fingerprint density at radius 3 is 2.24 bits per heavy atom. The van der Waals surface area contributed by atoms with Crippen molar-refractivity contribution in [1.29, 1.82) is 0 Å². The predicted molar refractivity (Wildman–Crippen MR) is 85.1 cm³/mol. The van der Waals surface area contributed by atoms with Crippen molar-refractivity contribution in [2.24, 2.45) is 17.8 Å². The SMILES string of the molecule is CNCCC1CCN(CC(=O)NC(C2CC2)C2CC2)CC1. The molecule has 0 aromatic rings. The molecule has 0 aromatic heterocycles. The quantitative estimate of drug-likeness (QED) is 0.715. The van der Waals surface area contributed by atoms with Gasteiger partial charge in [-0.25, -0.2) is 0 Å². The minimum atomic E-state index is 0.271. The lowest BCUT2D eigenvalue weighted by atomic mass is 9.93. The molecular weight excluding hydrogens is 262 g/mol. The summed E-state index contributed by atoms with van der Waals surface area (Å²) in [6, 6.07) is 0.505. The highest BCUT2D eigenvalue weighted by Crippen LogP contribution is 2.44. The van der Waals surface area contributed by atoms with E-state index in [1.807, 2.05) is 7.05 Å². The summed E-state index contributed by atoms with van der Waals surface area (Å²) in [5.74, 6) is 2.72. The Hall–Kier alpha value is -0.610. The molecule has 120 valence electrons. The fourth-order valence-corrected chi connectivity index (χ4v) is 3.75. The molecule has 4 heteroatoms. The number of likely N-dealkylation sites (tertiary alicyclic amines) is 1. The largest absolute Gasteiger partial charge is 0.352 e. The molecule has 3 fully saturated rings. The average Bonchev–Trinajstić information content (AvgIpc) is 3.38. The smallest absolute Gasteiger partial charge is 0.234 e. The summed E-state index contributed by atoms with van der Waals surface area (Å²) in [7, 11) is 2.02. The van der Waals surface area contributed by atoms with E-state index in [-0.39, 0.29) is 5.91 Å². The van der Waals surface area contributed by atoms with Crippen LogP contribution in [0.25, 0.3) is 0 Å². The van der Waals surface area contributed by atoms with Gasteiger partial charge in [-0.3, -0.25) is 9.69 Å². The molecule has 4 nitrogen and oxygen atoms in total. The topological polar surface area (TPSA) is 44.4 Å². The van der Waals surface area contributed by atoms with Crippen molar-refractivity contribution in [3.8, 4) is 0 Å². The third kappa shape index (κ3) is 4.68. The summed E-state index contributed by atoms with van der Waals surface area (Å²) in [5, 5.41) is 6.58. The second kappa shape index (κ2) is 7.10. The van der Waals surface area contributed by atoms with Crippen LogP contribution in [0.1, 0.15) is 44.9 Å². The molecule has 0 aromatic carbocycles. The minimum Gasteiger partial charge on any atom is -0.352 e. The van der Waals surface area contributed by atoms with Crippen LogP contribution in [0.5, 0.6) is 0 Å². The molecule has 3 rings (SSSR count). The van der Waals surface area contributed by atoms with Crippen molar-refractivity contribution in [3.63, 3.8) is 0 Å². The molecule has 2 N–H and O–H groups in total. The predicted octanol–water partition coefficient (Wildman–Crippen LogP) is 1.61. The molecule has 0 bridgehead atoms. The Labute approximate surface area is 129 Å². The number of hydrogen-bond acceptors (Lipinski definition) is 3. The first-order valence-corrected chi connectivity index (χ1v) is 8.92. The van der Waals surface area contributed by atoms with Crippen LogP contribution >= 0.6 is 0 Å². The second-order valence-corrected chi connectivity index (χ2v) is 7.38. The van der Waals surface area contributed by atoms with Crippen LogP contribution in [0.15, 0.2) is 0 Å². The zero-order chi connectivity index (χ0) is 14.7. The van der Waals surface area contributed by atoms with E-state index in [1.165, 1.54) is 44.9 Å². The van der Waals surface area contributed by atoms with Gasteiger partial charge in [0.15, 0.2) is 0 Å². The number of rotatable bonds is 8. The summed E-state index contributed by atoms with van der Waals surface area (Å²) < 4.78 is 0. The average molecular weight is 293 g/mol. The van der Waals surface area contributed by atoms with Gasteiger partial charge < -0.3 is 10.6 Å². The Balaban J connectivity index is 1.35. The number of carbonyl (C=O) groups excluding carboxylic acids is 1. The fraction of sp³-hybridized carbons (Fsp3) is 0.941. The highest BCUT2D eigenvalue weighted by molar-refractivity contribution is 5.78. The van der Waals surface area contributed by atoms with E-state index in [1.54, 1.807) is 0 Å². The lowest BCUT2D eigenvalue weighted by Gasteiger charge is -2.32. The van der Waals surface area contributed by atoms with Crippen molar-refractivity contribution in [1.82, 2.24) is 15.5 Å². The normalized spacial score (nSPS) is 24.5. The minimum absolute atomic E-state index is 0.271. The summed E-state index contributed by atoms with van der Waals surface area (Å²) in [6.45, 7) is 3.93. The number of nitrogens with one attached hydrogen (secondary N) is 2. The van der Waals surface area contributed by atoms with E-state index in [0.717, 1.165) is 37.4 Å². The van der Waals surface area contributed by atoms with Crippen LogP contribution in [0.4, 0.5) is 0 Å². The summed E-state index contributed by atoms with van der Waals surface area (Å²) in [4.78, 5) is 14.6. The van der Waals surface area contributed by atoms with E-state index in [9.17, 15) is 4.79 Å². The first-order valence-electron chi connectivity index (χ1n) is 8.92. The fourth-order valence-electron chi connectivity index (χ4n) is 3.75. The monoisotopic (exact) mass is 293 g/mol. The van der Waals surface area contributed by atoms with Crippen molar-refractivity contribution in [2.75, 3.05) is 33.2 Å². The zero-order valence-corrected chi connectivity index (χ0v) is 13.4. The van der Waals surface area contributed by atoms with E-state index >= 15 is 0 Å². The molecule has 0 atom stereocenters. The van der Waals surface area contributed by atoms with Crippen molar-refractivity contribution in [3.05, 3.63) is 0 Å². The van der Waals surface area contributed by atoms with Crippen LogP contribution in [-0.2, 0) is 4.79 Å². The zero-order valence-electron chi connectivity index (χ0n) is 13.4. The van der Waals surface area contributed by atoms with Crippen molar-refractivity contribution >= 4 is 5.91 Å². The van der Waals surface area contributed by atoms with E-state index < -0.39 is 0 Å². The first-order chi connectivity index (χ1) is 10.3. The number of amides is 1. The van der Waals surface area contributed by atoms with Gasteiger partial charge in [-0.15, -0.1) is 0 Å². The molecule has 1 heterocycles. The van der Waals surface area contributed by atoms with Crippen LogP contribution in [0, 0.1) is 17.8 Å². The Bertz CT molecular complexity index is 332. The molecule has 2 aliphatic carbocycles. The van der Waals surface area contributed by atoms with Gasteiger partial charge >= 0.3 is 0 Å². The molecule has 3 aliphatic rings. The standard InChI is InChI=1S/C17H31N3O/c1-18-9-6-13-7-10-20(11-8-13)12-16(21)19-17(14-2-3-14)15-4-5-15/h13-15,17-18H,2-12H2,1H3,(H,19,21). The molecule has 1 saturated heterocycles. The van der Waals surface area contributed by atoms with Gasteiger partial charge in [0.25, 0.3) is 0 Å². The van der Waals surface area contributed by atoms with E-state index in [4.69, 9.17) is 0 Å². The summed E-state index contributed by atoms with van der Waals surface area (Å²) >= 11 is 0. The van der Waals surface area contributed by atoms with Gasteiger partial charge in [0, 0.05) is 6.04 Å². The molecule has 21 heavy (non-hydrogen) atoms. The molecule has 1 amide bonds. The summed E-state index contributed by atoms with van der Waals surface area (Å²) in [5.41, 5.74) is 0. The maximum Gasteiger partial charge on any atom is 0.234 e. The molecular formula is C17H31N3O. The highest BCUT2D eigenvalue weighted by Gasteiger charge is 2.42. The van der Waals surface area contributed by atoms with E-state index in [0.29, 0.717) is 12.6 Å². The lowest BCUT2D eigenvalue weighted by molar-refractivity contribution is -0.123. The Morgan fingerprint density at radius 2 is 1.71 bits per heavy atom. The van der Waals surface area contributed by atoms with Gasteiger partial charge in [0.2, 0.25) is 5.91 Å². The van der Waals surface area contributed by atoms with Gasteiger partial charge in [-0.1, -0.05) is 0 Å². The third-order valence-corrected chi connectivity index (χ3v) is 5.46. The second-order valence-electron chi connectivity index (χ2n) is 7.38. The third-order valence-electron chi connectivity index (χ3n) is 5.46. The maximum atomic E-state index is 12.3. The van der Waals surface area contributed by atoms with Gasteiger partial charge in [-0.2, -0.15) is 0 Å². The molecule has 0 radical (unpaired) electrons. The number of carbonyl (C=O) groups is 1. The Kier molecular flexibility index (Phi) is 5.17.